The summed E-state index contributed by atoms with van der Waals surface area (Å²) in [6.45, 7) is 1.69. The second kappa shape index (κ2) is 8.37. The number of nitrogens with zero attached hydrogens (tertiary/aromatic N) is 2. The van der Waals surface area contributed by atoms with E-state index in [4.69, 9.17) is 4.84 Å². The first kappa shape index (κ1) is 18.5. The first-order valence-corrected chi connectivity index (χ1v) is 10.1. The van der Waals surface area contributed by atoms with Crippen molar-refractivity contribution >= 4 is 39.4 Å². The standard InChI is InChI=1S/C18H16N2O4S2/c1-12(18(23)24-20-16(21)9-10-17(20)22)13-6-2-3-7-14(13)25-26-15-8-4-5-11-19-15/h2-8,11-12H,9-10H2,1H3. The van der Waals surface area contributed by atoms with Crippen LogP contribution in [0.25, 0.3) is 0 Å². The van der Waals surface area contributed by atoms with Crippen molar-refractivity contribution < 1.29 is 19.2 Å². The highest BCUT2D eigenvalue weighted by Gasteiger charge is 2.34. The van der Waals surface area contributed by atoms with E-state index in [1.54, 1.807) is 13.1 Å². The number of benzene rings is 1. The minimum absolute atomic E-state index is 0.0770. The summed E-state index contributed by atoms with van der Waals surface area (Å²) in [4.78, 5) is 45.8. The highest BCUT2D eigenvalue weighted by atomic mass is 33.1. The molecular formula is C18H16N2O4S2. The molecule has 6 nitrogen and oxygen atoms in total. The lowest BCUT2D eigenvalue weighted by atomic mass is 10.0. The third-order valence-corrected chi connectivity index (χ3v) is 6.13. The van der Waals surface area contributed by atoms with E-state index in [0.717, 1.165) is 15.5 Å². The topological polar surface area (TPSA) is 76.6 Å². The molecule has 1 aliphatic rings. The number of hydrogen-bond donors (Lipinski definition) is 0. The molecule has 0 saturated carbocycles. The molecule has 2 aromatic rings. The number of carbonyl (C=O) groups excluding carboxylic acids is 3. The molecule has 1 saturated heterocycles. The predicted octanol–water partition coefficient (Wildman–Crippen LogP) is 3.59. The maximum atomic E-state index is 12.4. The van der Waals surface area contributed by atoms with Gasteiger partial charge in [0, 0.05) is 23.9 Å². The van der Waals surface area contributed by atoms with E-state index in [-0.39, 0.29) is 12.8 Å². The first-order valence-electron chi connectivity index (χ1n) is 7.98. The molecule has 134 valence electrons. The molecule has 3 rings (SSSR count). The van der Waals surface area contributed by atoms with E-state index in [9.17, 15) is 14.4 Å². The van der Waals surface area contributed by atoms with Gasteiger partial charge >= 0.3 is 5.97 Å². The molecule has 1 aliphatic heterocycles. The minimum atomic E-state index is -0.635. The van der Waals surface area contributed by atoms with Gasteiger partial charge in [0.25, 0.3) is 11.8 Å². The molecule has 2 amide bonds. The average Bonchev–Trinajstić information content (AvgIpc) is 2.99. The van der Waals surface area contributed by atoms with Crippen LogP contribution in [-0.4, -0.2) is 27.8 Å². The lowest BCUT2D eigenvalue weighted by Gasteiger charge is -2.18. The normalized spacial score (nSPS) is 15.2. The summed E-state index contributed by atoms with van der Waals surface area (Å²) in [5, 5.41) is 1.44. The van der Waals surface area contributed by atoms with Crippen molar-refractivity contribution in [3.63, 3.8) is 0 Å². The van der Waals surface area contributed by atoms with Crippen LogP contribution in [0.15, 0.2) is 58.6 Å². The first-order chi connectivity index (χ1) is 12.6. The number of aromatic nitrogens is 1. The van der Waals surface area contributed by atoms with Crippen LogP contribution in [0.1, 0.15) is 31.2 Å². The number of rotatable bonds is 6. The van der Waals surface area contributed by atoms with Crippen molar-refractivity contribution in [1.82, 2.24) is 10.0 Å². The van der Waals surface area contributed by atoms with Crippen molar-refractivity contribution in [2.45, 2.75) is 35.6 Å². The Bertz CT molecular complexity index is 813. The smallest absolute Gasteiger partial charge is 0.330 e. The second-order valence-corrected chi connectivity index (χ2v) is 7.78. The van der Waals surface area contributed by atoms with E-state index >= 15 is 0 Å². The van der Waals surface area contributed by atoms with Crippen molar-refractivity contribution in [3.8, 4) is 0 Å². The second-order valence-electron chi connectivity index (χ2n) is 5.59. The van der Waals surface area contributed by atoms with E-state index in [2.05, 4.69) is 4.98 Å². The fourth-order valence-electron chi connectivity index (χ4n) is 2.35. The van der Waals surface area contributed by atoms with Gasteiger partial charge in [0.05, 0.1) is 5.92 Å². The molecular weight excluding hydrogens is 372 g/mol. The van der Waals surface area contributed by atoms with Gasteiger partial charge in [-0.2, -0.15) is 0 Å². The Morgan fingerprint density at radius 3 is 2.46 bits per heavy atom. The van der Waals surface area contributed by atoms with Gasteiger partial charge in [-0.1, -0.05) is 35.1 Å². The van der Waals surface area contributed by atoms with Crippen LogP contribution in [0, 0.1) is 0 Å². The Balaban J connectivity index is 1.70. The van der Waals surface area contributed by atoms with E-state index < -0.39 is 23.7 Å². The number of imide groups is 1. The van der Waals surface area contributed by atoms with E-state index in [1.807, 2.05) is 42.5 Å². The molecule has 0 N–H and O–H groups in total. The summed E-state index contributed by atoms with van der Waals surface area (Å²) in [5.74, 6) is -2.22. The Kier molecular flexibility index (Phi) is 5.95. The Morgan fingerprint density at radius 1 is 1.08 bits per heavy atom. The molecule has 26 heavy (non-hydrogen) atoms. The highest BCUT2D eigenvalue weighted by Crippen LogP contribution is 2.40. The summed E-state index contributed by atoms with van der Waals surface area (Å²) in [7, 11) is 2.97. The summed E-state index contributed by atoms with van der Waals surface area (Å²) in [6.07, 6.45) is 1.88. The molecule has 1 fully saturated rings. The zero-order valence-electron chi connectivity index (χ0n) is 14.0. The molecule has 0 aliphatic carbocycles. The number of hydrogen-bond acceptors (Lipinski definition) is 7. The Hall–Kier alpha value is -2.32. The van der Waals surface area contributed by atoms with Gasteiger partial charge in [-0.05, 0) is 41.5 Å². The van der Waals surface area contributed by atoms with Crippen LogP contribution in [0.5, 0.6) is 0 Å². The zero-order chi connectivity index (χ0) is 18.5. The number of hydroxylamine groups is 2. The third kappa shape index (κ3) is 4.25. The van der Waals surface area contributed by atoms with Crippen molar-refractivity contribution in [2.24, 2.45) is 0 Å². The molecule has 0 bridgehead atoms. The quantitative estimate of drug-likeness (QED) is 0.553. The largest absolute Gasteiger partial charge is 0.340 e. The Morgan fingerprint density at radius 2 is 1.77 bits per heavy atom. The van der Waals surface area contributed by atoms with Crippen LogP contribution in [0.4, 0.5) is 0 Å². The van der Waals surface area contributed by atoms with Crippen LogP contribution in [0.3, 0.4) is 0 Å². The predicted molar refractivity (Wildman–Crippen MR) is 98.0 cm³/mol. The molecule has 1 aromatic heterocycles. The fourth-order valence-corrected chi connectivity index (χ4v) is 4.52. The van der Waals surface area contributed by atoms with Crippen molar-refractivity contribution in [1.29, 1.82) is 0 Å². The minimum Gasteiger partial charge on any atom is -0.330 e. The molecule has 8 heteroatoms. The lowest BCUT2D eigenvalue weighted by molar-refractivity contribution is -0.198. The zero-order valence-corrected chi connectivity index (χ0v) is 15.6. The third-order valence-electron chi connectivity index (χ3n) is 3.78. The highest BCUT2D eigenvalue weighted by molar-refractivity contribution is 8.76. The van der Waals surface area contributed by atoms with Crippen molar-refractivity contribution in [3.05, 3.63) is 54.2 Å². The van der Waals surface area contributed by atoms with Gasteiger partial charge in [0.15, 0.2) is 0 Å². The lowest BCUT2D eigenvalue weighted by Crippen LogP contribution is -2.33. The van der Waals surface area contributed by atoms with Crippen LogP contribution in [-0.2, 0) is 19.2 Å². The molecule has 1 aromatic carbocycles. The molecule has 1 atom stereocenters. The van der Waals surface area contributed by atoms with Gasteiger partial charge in [-0.3, -0.25) is 9.59 Å². The summed E-state index contributed by atoms with van der Waals surface area (Å²) in [5.41, 5.74) is 0.769. The maximum absolute atomic E-state index is 12.4. The van der Waals surface area contributed by atoms with Crippen LogP contribution < -0.4 is 0 Å². The number of carbonyl (C=O) groups is 3. The van der Waals surface area contributed by atoms with Crippen LogP contribution in [0.2, 0.25) is 0 Å². The molecule has 0 spiro atoms. The molecule has 2 heterocycles. The van der Waals surface area contributed by atoms with Gasteiger partial charge in [-0.25, -0.2) is 9.78 Å². The van der Waals surface area contributed by atoms with E-state index in [1.165, 1.54) is 21.6 Å². The number of pyridine rings is 1. The summed E-state index contributed by atoms with van der Waals surface area (Å²) >= 11 is 0. The summed E-state index contributed by atoms with van der Waals surface area (Å²) in [6, 6.07) is 13.1. The average molecular weight is 388 g/mol. The van der Waals surface area contributed by atoms with Gasteiger partial charge in [-0.15, -0.1) is 5.06 Å². The van der Waals surface area contributed by atoms with E-state index in [0.29, 0.717) is 5.06 Å². The molecule has 1 unspecified atom stereocenters. The molecule has 0 radical (unpaired) electrons. The van der Waals surface area contributed by atoms with Gasteiger partial charge in [0.1, 0.15) is 5.03 Å². The SMILES string of the molecule is CC(C(=O)ON1C(=O)CCC1=O)c1ccccc1SSc1ccccn1. The van der Waals surface area contributed by atoms with Gasteiger partial charge < -0.3 is 4.84 Å². The maximum Gasteiger partial charge on any atom is 0.340 e. The monoisotopic (exact) mass is 388 g/mol. The van der Waals surface area contributed by atoms with Crippen LogP contribution >= 0.6 is 21.6 Å². The number of amides is 2. The summed E-state index contributed by atoms with van der Waals surface area (Å²) < 4.78 is 0. The fraction of sp³-hybridized carbons (Fsp3) is 0.222. The van der Waals surface area contributed by atoms with Crippen molar-refractivity contribution in [2.75, 3.05) is 0 Å². The van der Waals surface area contributed by atoms with Gasteiger partial charge in [0.2, 0.25) is 0 Å². The Labute approximate surface area is 158 Å².